The first-order chi connectivity index (χ1) is 8.27. The lowest BCUT2D eigenvalue weighted by molar-refractivity contribution is 0.0147. The molecule has 0 aromatic heterocycles. The van der Waals surface area contributed by atoms with Crippen LogP contribution in [0.5, 0.6) is 0 Å². The molecule has 0 fully saturated rings. The number of benzene rings is 1. The first-order valence-electron chi connectivity index (χ1n) is 5.78. The van der Waals surface area contributed by atoms with Crippen LogP contribution in [0, 0.1) is 0 Å². The van der Waals surface area contributed by atoms with E-state index in [1.807, 2.05) is 24.3 Å². The second-order valence-electron chi connectivity index (χ2n) is 3.68. The summed E-state index contributed by atoms with van der Waals surface area (Å²) < 4.78 is 12.1. The molecule has 1 aromatic rings. The van der Waals surface area contributed by atoms with Crippen molar-refractivity contribution in [2.24, 2.45) is 0 Å². The van der Waals surface area contributed by atoms with E-state index in [1.165, 1.54) is 0 Å². The lowest BCUT2D eigenvalue weighted by Gasteiger charge is -2.16. The van der Waals surface area contributed by atoms with E-state index in [-0.39, 0.29) is 6.10 Å². The summed E-state index contributed by atoms with van der Waals surface area (Å²) in [5.41, 5.74) is 1.13. The van der Waals surface area contributed by atoms with Gasteiger partial charge in [-0.2, -0.15) is 0 Å². The molecule has 0 N–H and O–H groups in total. The number of ether oxygens (including phenoxy) is 2. The van der Waals surface area contributed by atoms with Crippen LogP contribution in [0.25, 0.3) is 0 Å². The molecule has 2 nitrogen and oxygen atoms in total. The standard InChI is InChI=1S/C13H18ClIO2/c1-2-6-16-7-8-17-13(10-15)11-4-3-5-12(14)9-11/h3-5,9,13H,2,6-8,10H2,1H3. The van der Waals surface area contributed by atoms with Crippen molar-refractivity contribution in [3.8, 4) is 0 Å². The minimum Gasteiger partial charge on any atom is -0.379 e. The first kappa shape index (κ1) is 15.2. The van der Waals surface area contributed by atoms with E-state index >= 15 is 0 Å². The van der Waals surface area contributed by atoms with E-state index in [4.69, 9.17) is 21.1 Å². The largest absolute Gasteiger partial charge is 0.379 e. The summed E-state index contributed by atoms with van der Waals surface area (Å²) in [7, 11) is 0. The molecule has 1 rings (SSSR count). The Labute approximate surface area is 122 Å². The van der Waals surface area contributed by atoms with Crippen LogP contribution in [0.15, 0.2) is 24.3 Å². The number of hydrogen-bond acceptors (Lipinski definition) is 2. The fourth-order valence-electron chi connectivity index (χ4n) is 1.43. The molecule has 0 bridgehead atoms. The Morgan fingerprint density at radius 2 is 2.12 bits per heavy atom. The van der Waals surface area contributed by atoms with Crippen molar-refractivity contribution in [3.63, 3.8) is 0 Å². The Morgan fingerprint density at radius 1 is 1.29 bits per heavy atom. The van der Waals surface area contributed by atoms with Gasteiger partial charge in [0.2, 0.25) is 0 Å². The van der Waals surface area contributed by atoms with Crippen molar-refractivity contribution in [1.29, 1.82) is 0 Å². The maximum absolute atomic E-state index is 5.97. The number of rotatable bonds is 8. The van der Waals surface area contributed by atoms with Crippen LogP contribution in [-0.2, 0) is 9.47 Å². The highest BCUT2D eigenvalue weighted by molar-refractivity contribution is 14.1. The molecular formula is C13H18ClIO2. The molecule has 0 radical (unpaired) electrons. The lowest BCUT2D eigenvalue weighted by Crippen LogP contribution is -2.11. The molecular weight excluding hydrogens is 350 g/mol. The summed E-state index contributed by atoms with van der Waals surface area (Å²) in [6, 6.07) is 7.83. The summed E-state index contributed by atoms with van der Waals surface area (Å²) >= 11 is 8.29. The summed E-state index contributed by atoms with van der Waals surface area (Å²) in [6.07, 6.45) is 1.14. The Morgan fingerprint density at radius 3 is 2.76 bits per heavy atom. The second kappa shape index (κ2) is 9.14. The van der Waals surface area contributed by atoms with Gasteiger partial charge in [-0.25, -0.2) is 0 Å². The Bertz CT molecular complexity index is 320. The van der Waals surface area contributed by atoms with Crippen LogP contribution >= 0.6 is 34.2 Å². The molecule has 0 spiro atoms. The van der Waals surface area contributed by atoms with E-state index in [1.54, 1.807) is 0 Å². The quantitative estimate of drug-likeness (QED) is 0.388. The van der Waals surface area contributed by atoms with Gasteiger partial charge >= 0.3 is 0 Å². The van der Waals surface area contributed by atoms with Gasteiger partial charge in [0.25, 0.3) is 0 Å². The molecule has 0 aliphatic heterocycles. The number of halogens is 2. The van der Waals surface area contributed by atoms with Gasteiger partial charge in [-0.05, 0) is 24.1 Å². The van der Waals surface area contributed by atoms with Gasteiger partial charge in [-0.1, -0.05) is 53.2 Å². The van der Waals surface area contributed by atoms with Crippen molar-refractivity contribution in [2.45, 2.75) is 19.4 Å². The smallest absolute Gasteiger partial charge is 0.0915 e. The van der Waals surface area contributed by atoms with Crippen LogP contribution < -0.4 is 0 Å². The van der Waals surface area contributed by atoms with Crippen molar-refractivity contribution >= 4 is 34.2 Å². The summed E-state index contributed by atoms with van der Waals surface area (Å²) in [5, 5.41) is 0.753. The number of alkyl halides is 1. The minimum absolute atomic E-state index is 0.0968. The molecule has 4 heteroatoms. The van der Waals surface area contributed by atoms with Crippen LogP contribution in [0.2, 0.25) is 5.02 Å². The number of hydrogen-bond donors (Lipinski definition) is 0. The topological polar surface area (TPSA) is 18.5 Å². The Hall–Kier alpha value is 0.160. The van der Waals surface area contributed by atoms with Crippen molar-refractivity contribution in [3.05, 3.63) is 34.9 Å². The van der Waals surface area contributed by atoms with Gasteiger partial charge in [0, 0.05) is 16.1 Å². The third-order valence-corrected chi connectivity index (χ3v) is 3.29. The molecule has 0 aliphatic carbocycles. The zero-order chi connectivity index (χ0) is 12.5. The minimum atomic E-state index is 0.0968. The Balaban J connectivity index is 2.38. The van der Waals surface area contributed by atoms with Gasteiger partial charge < -0.3 is 9.47 Å². The highest BCUT2D eigenvalue weighted by atomic mass is 127. The van der Waals surface area contributed by atoms with Gasteiger partial charge in [0.15, 0.2) is 0 Å². The normalized spacial score (nSPS) is 12.6. The fourth-order valence-corrected chi connectivity index (χ4v) is 2.39. The van der Waals surface area contributed by atoms with E-state index in [9.17, 15) is 0 Å². The Kier molecular flexibility index (Phi) is 8.18. The van der Waals surface area contributed by atoms with E-state index in [0.717, 1.165) is 28.0 Å². The van der Waals surface area contributed by atoms with Gasteiger partial charge in [0.1, 0.15) is 0 Å². The predicted octanol–water partition coefficient (Wildman–Crippen LogP) is 4.26. The van der Waals surface area contributed by atoms with Crippen molar-refractivity contribution in [1.82, 2.24) is 0 Å². The average Bonchev–Trinajstić information content (AvgIpc) is 2.34. The molecule has 0 aliphatic rings. The highest BCUT2D eigenvalue weighted by Crippen LogP contribution is 2.22. The molecule has 17 heavy (non-hydrogen) atoms. The molecule has 1 aromatic carbocycles. The van der Waals surface area contributed by atoms with Gasteiger partial charge in [-0.3, -0.25) is 0 Å². The van der Waals surface area contributed by atoms with E-state index in [0.29, 0.717) is 13.2 Å². The summed E-state index contributed by atoms with van der Waals surface area (Å²) in [6.45, 7) is 4.18. The maximum atomic E-state index is 5.97. The third-order valence-electron chi connectivity index (χ3n) is 2.26. The van der Waals surface area contributed by atoms with Crippen molar-refractivity contribution in [2.75, 3.05) is 24.2 Å². The van der Waals surface area contributed by atoms with Crippen LogP contribution in [-0.4, -0.2) is 24.2 Å². The van der Waals surface area contributed by atoms with Crippen LogP contribution in [0.3, 0.4) is 0 Å². The highest BCUT2D eigenvalue weighted by Gasteiger charge is 2.10. The maximum Gasteiger partial charge on any atom is 0.0915 e. The molecule has 1 unspecified atom stereocenters. The molecule has 96 valence electrons. The SMILES string of the molecule is CCCOCCOC(CI)c1cccc(Cl)c1. The lowest BCUT2D eigenvalue weighted by atomic mass is 10.1. The monoisotopic (exact) mass is 368 g/mol. The molecule has 0 saturated carbocycles. The molecule has 1 atom stereocenters. The van der Waals surface area contributed by atoms with E-state index in [2.05, 4.69) is 29.5 Å². The fraction of sp³-hybridized carbons (Fsp3) is 0.538. The van der Waals surface area contributed by atoms with Gasteiger partial charge in [0.05, 0.1) is 19.3 Å². The second-order valence-corrected chi connectivity index (χ2v) is 5.00. The predicted molar refractivity (Wildman–Crippen MR) is 80.1 cm³/mol. The summed E-state index contributed by atoms with van der Waals surface area (Å²) in [5.74, 6) is 0. The van der Waals surface area contributed by atoms with Gasteiger partial charge in [-0.15, -0.1) is 0 Å². The van der Waals surface area contributed by atoms with Crippen molar-refractivity contribution < 1.29 is 9.47 Å². The third kappa shape index (κ3) is 6.04. The molecule has 0 heterocycles. The van der Waals surface area contributed by atoms with E-state index < -0.39 is 0 Å². The van der Waals surface area contributed by atoms with Crippen LogP contribution in [0.4, 0.5) is 0 Å². The average molecular weight is 369 g/mol. The summed E-state index contributed by atoms with van der Waals surface area (Å²) in [4.78, 5) is 0. The zero-order valence-electron chi connectivity index (χ0n) is 9.99. The zero-order valence-corrected chi connectivity index (χ0v) is 12.9. The first-order valence-corrected chi connectivity index (χ1v) is 7.69. The molecule has 0 amide bonds. The molecule has 0 saturated heterocycles. The van der Waals surface area contributed by atoms with Crippen LogP contribution in [0.1, 0.15) is 25.0 Å².